The molecule has 3 nitrogen and oxygen atoms in total. The summed E-state index contributed by atoms with van der Waals surface area (Å²) in [6, 6.07) is 8.47. The number of benzene rings is 1. The summed E-state index contributed by atoms with van der Waals surface area (Å²) >= 11 is 1.84. The molecule has 0 radical (unpaired) electrons. The average molecular weight is 383 g/mol. The van der Waals surface area contributed by atoms with Crippen molar-refractivity contribution in [1.29, 1.82) is 0 Å². The first-order valence-electron chi connectivity index (χ1n) is 9.70. The molecule has 0 aromatic heterocycles. The maximum absolute atomic E-state index is 12.7. The smallest absolute Gasteiger partial charge is 0.226 e. The van der Waals surface area contributed by atoms with Gasteiger partial charge in [0.25, 0.3) is 0 Å². The third kappa shape index (κ3) is 4.86. The van der Waals surface area contributed by atoms with Gasteiger partial charge in [0, 0.05) is 48.4 Å². The van der Waals surface area contributed by atoms with E-state index in [1.807, 2.05) is 28.8 Å². The SMILES string of the molecule is C=C/C=C(\C)[C@@H]1C[C@H]1C(=O)N1CCN(C(=C)CSc2ccccc2C)CC1. The summed E-state index contributed by atoms with van der Waals surface area (Å²) in [5.74, 6) is 1.84. The van der Waals surface area contributed by atoms with Gasteiger partial charge in [-0.1, -0.05) is 49.1 Å². The zero-order valence-electron chi connectivity index (χ0n) is 16.5. The summed E-state index contributed by atoms with van der Waals surface area (Å²) in [5.41, 5.74) is 3.75. The predicted octanol–water partition coefficient (Wildman–Crippen LogP) is 4.51. The number of aryl methyl sites for hydroxylation is 1. The van der Waals surface area contributed by atoms with Crippen molar-refractivity contribution in [2.45, 2.75) is 25.2 Å². The number of allylic oxidation sites excluding steroid dienone is 3. The van der Waals surface area contributed by atoms with E-state index in [1.165, 1.54) is 16.0 Å². The van der Waals surface area contributed by atoms with Crippen molar-refractivity contribution in [3.8, 4) is 0 Å². The minimum atomic E-state index is 0.188. The molecule has 0 N–H and O–H groups in total. The zero-order chi connectivity index (χ0) is 19.4. The third-order valence-electron chi connectivity index (χ3n) is 5.60. The van der Waals surface area contributed by atoms with Crippen molar-refractivity contribution in [1.82, 2.24) is 9.80 Å². The van der Waals surface area contributed by atoms with Crippen LogP contribution in [-0.2, 0) is 4.79 Å². The van der Waals surface area contributed by atoms with Gasteiger partial charge in [-0.3, -0.25) is 4.79 Å². The van der Waals surface area contributed by atoms with Gasteiger partial charge in [0.2, 0.25) is 5.91 Å². The van der Waals surface area contributed by atoms with E-state index in [4.69, 9.17) is 0 Å². The summed E-state index contributed by atoms with van der Waals surface area (Å²) in [6.45, 7) is 15.7. The maximum atomic E-state index is 12.7. The van der Waals surface area contributed by atoms with Crippen molar-refractivity contribution in [3.05, 3.63) is 66.4 Å². The Hall–Kier alpha value is -1.94. The molecule has 1 heterocycles. The Bertz CT molecular complexity index is 747. The molecule has 1 aliphatic carbocycles. The highest BCUT2D eigenvalue weighted by Crippen LogP contribution is 2.45. The van der Waals surface area contributed by atoms with Crippen molar-refractivity contribution in [2.24, 2.45) is 11.8 Å². The maximum Gasteiger partial charge on any atom is 0.226 e. The monoisotopic (exact) mass is 382 g/mol. The molecule has 2 atom stereocenters. The van der Waals surface area contributed by atoms with Crippen LogP contribution in [0.15, 0.2) is 65.7 Å². The quantitative estimate of drug-likeness (QED) is 0.512. The van der Waals surface area contributed by atoms with E-state index in [-0.39, 0.29) is 5.92 Å². The Balaban J connectivity index is 1.44. The molecular weight excluding hydrogens is 352 g/mol. The highest BCUT2D eigenvalue weighted by Gasteiger charge is 2.45. The van der Waals surface area contributed by atoms with Crippen LogP contribution in [0.2, 0.25) is 0 Å². The second-order valence-corrected chi connectivity index (χ2v) is 8.54. The Morgan fingerprint density at radius 3 is 2.52 bits per heavy atom. The van der Waals surface area contributed by atoms with Crippen LogP contribution in [0.25, 0.3) is 0 Å². The standard InChI is InChI=1S/C23H30N2OS/c1-5-8-17(2)20-15-21(20)23(26)25-13-11-24(12-14-25)19(4)16-27-22-10-7-6-9-18(22)3/h5-10,20-21H,1,4,11-16H2,2-3H3/b17-8+/t20-,21+/m0/s1. The largest absolute Gasteiger partial charge is 0.371 e. The van der Waals surface area contributed by atoms with Crippen molar-refractivity contribution in [2.75, 3.05) is 31.9 Å². The van der Waals surface area contributed by atoms with Crippen LogP contribution in [-0.4, -0.2) is 47.6 Å². The highest BCUT2D eigenvalue weighted by atomic mass is 32.2. The van der Waals surface area contributed by atoms with E-state index in [0.29, 0.717) is 11.8 Å². The van der Waals surface area contributed by atoms with Crippen LogP contribution < -0.4 is 0 Å². The molecule has 1 aliphatic heterocycles. The molecule has 0 unspecified atom stereocenters. The number of amides is 1. The minimum Gasteiger partial charge on any atom is -0.371 e. The molecular formula is C23H30N2OS. The molecule has 4 heteroatoms. The van der Waals surface area contributed by atoms with E-state index in [9.17, 15) is 4.79 Å². The first kappa shape index (κ1) is 19.8. The fourth-order valence-corrected chi connectivity index (χ4v) is 4.70. The second kappa shape index (κ2) is 8.83. The number of carbonyl (C=O) groups is 1. The number of hydrogen-bond acceptors (Lipinski definition) is 3. The minimum absolute atomic E-state index is 0.188. The van der Waals surface area contributed by atoms with E-state index in [1.54, 1.807) is 0 Å². The molecule has 27 heavy (non-hydrogen) atoms. The van der Waals surface area contributed by atoms with E-state index in [2.05, 4.69) is 56.2 Å². The summed E-state index contributed by atoms with van der Waals surface area (Å²) in [6.07, 6.45) is 4.84. The molecule has 0 spiro atoms. The normalized spacial score (nSPS) is 22.5. The second-order valence-electron chi connectivity index (χ2n) is 7.53. The lowest BCUT2D eigenvalue weighted by molar-refractivity contribution is -0.134. The Morgan fingerprint density at radius 1 is 1.19 bits per heavy atom. The number of thioether (sulfide) groups is 1. The lowest BCUT2D eigenvalue weighted by Gasteiger charge is -2.37. The third-order valence-corrected chi connectivity index (χ3v) is 6.85. The summed E-state index contributed by atoms with van der Waals surface area (Å²) in [7, 11) is 0. The summed E-state index contributed by atoms with van der Waals surface area (Å²) < 4.78 is 0. The molecule has 1 aromatic rings. The summed E-state index contributed by atoms with van der Waals surface area (Å²) in [4.78, 5) is 18.4. The fraction of sp³-hybridized carbons (Fsp3) is 0.435. The van der Waals surface area contributed by atoms with E-state index < -0.39 is 0 Å². The van der Waals surface area contributed by atoms with Gasteiger partial charge in [-0.25, -0.2) is 0 Å². The average Bonchev–Trinajstić information content (AvgIpc) is 3.48. The highest BCUT2D eigenvalue weighted by molar-refractivity contribution is 7.99. The molecule has 3 rings (SSSR count). The molecule has 1 saturated carbocycles. The van der Waals surface area contributed by atoms with Crippen LogP contribution in [0.5, 0.6) is 0 Å². The van der Waals surface area contributed by atoms with Gasteiger partial charge in [0.05, 0.1) is 0 Å². The first-order chi connectivity index (χ1) is 13.0. The van der Waals surface area contributed by atoms with Gasteiger partial charge in [-0.15, -0.1) is 11.8 Å². The lowest BCUT2D eigenvalue weighted by atomic mass is 10.1. The van der Waals surface area contributed by atoms with Gasteiger partial charge in [0.1, 0.15) is 0 Å². The molecule has 1 aromatic carbocycles. The zero-order valence-corrected chi connectivity index (χ0v) is 17.3. The van der Waals surface area contributed by atoms with E-state index in [0.717, 1.165) is 44.0 Å². The molecule has 1 saturated heterocycles. The van der Waals surface area contributed by atoms with Crippen LogP contribution >= 0.6 is 11.8 Å². The molecule has 144 valence electrons. The Kier molecular flexibility index (Phi) is 6.48. The van der Waals surface area contributed by atoms with Crippen molar-refractivity contribution in [3.63, 3.8) is 0 Å². The Morgan fingerprint density at radius 2 is 1.85 bits per heavy atom. The van der Waals surface area contributed by atoms with Crippen molar-refractivity contribution < 1.29 is 4.79 Å². The van der Waals surface area contributed by atoms with Gasteiger partial charge in [0.15, 0.2) is 0 Å². The van der Waals surface area contributed by atoms with Gasteiger partial charge in [-0.05, 0) is 37.8 Å². The number of piperazine rings is 1. The number of carbonyl (C=O) groups excluding carboxylic acids is 1. The van der Waals surface area contributed by atoms with Crippen LogP contribution in [0.3, 0.4) is 0 Å². The predicted molar refractivity (Wildman–Crippen MR) is 115 cm³/mol. The number of hydrogen-bond donors (Lipinski definition) is 0. The first-order valence-corrected chi connectivity index (χ1v) is 10.7. The number of nitrogens with zero attached hydrogens (tertiary/aromatic N) is 2. The summed E-state index contributed by atoms with van der Waals surface area (Å²) in [5, 5.41) is 0. The molecule has 2 fully saturated rings. The van der Waals surface area contributed by atoms with E-state index >= 15 is 0 Å². The van der Waals surface area contributed by atoms with Crippen LogP contribution in [0.4, 0.5) is 0 Å². The lowest BCUT2D eigenvalue weighted by Crippen LogP contribution is -2.49. The Labute approximate surface area is 167 Å². The van der Waals surface area contributed by atoms with Gasteiger partial charge < -0.3 is 9.80 Å². The van der Waals surface area contributed by atoms with Gasteiger partial charge in [-0.2, -0.15) is 0 Å². The number of rotatable bonds is 7. The topological polar surface area (TPSA) is 23.6 Å². The molecule has 2 aliphatic rings. The molecule has 0 bridgehead atoms. The van der Waals surface area contributed by atoms with Crippen molar-refractivity contribution >= 4 is 17.7 Å². The van der Waals surface area contributed by atoms with Crippen LogP contribution in [0, 0.1) is 18.8 Å². The fourth-order valence-electron chi connectivity index (χ4n) is 3.73. The van der Waals surface area contributed by atoms with Crippen LogP contribution in [0.1, 0.15) is 18.9 Å². The van der Waals surface area contributed by atoms with Gasteiger partial charge >= 0.3 is 0 Å². The molecule has 1 amide bonds.